The number of aromatic nitrogens is 1. The van der Waals surface area contributed by atoms with Crippen molar-refractivity contribution in [3.63, 3.8) is 0 Å². The molecule has 0 amide bonds. The molecule has 0 spiro atoms. The standard InChI is InChI=1S/C29H28Cl2F2N2O5S/c30-22-15-35(37)16-23(31)21(22)13-25(20-8-9-24(40-29(32)33)26(12-20)38-17-19-6-7-19)39-28(36)27-34(10-11-41-27)14-18-4-2-1-3-5-18/h1-5,8-9,12,15-16,19,25,27,29H,6-7,10-11,13-14,17H2. The summed E-state index contributed by atoms with van der Waals surface area (Å²) in [6, 6.07) is 14.3. The normalized spacial score (nSPS) is 17.9. The largest absolute Gasteiger partial charge is 0.619 e. The Morgan fingerprint density at radius 2 is 1.83 bits per heavy atom. The summed E-state index contributed by atoms with van der Waals surface area (Å²) in [5.74, 6) is 0.680. The van der Waals surface area contributed by atoms with Crippen molar-refractivity contribution in [2.24, 2.45) is 5.92 Å². The Balaban J connectivity index is 1.43. The molecular weight excluding hydrogens is 597 g/mol. The molecule has 2 heterocycles. The molecule has 1 saturated heterocycles. The maximum atomic E-state index is 13.6. The van der Waals surface area contributed by atoms with E-state index in [9.17, 15) is 18.8 Å². The topological polar surface area (TPSA) is 74.9 Å². The molecule has 41 heavy (non-hydrogen) atoms. The summed E-state index contributed by atoms with van der Waals surface area (Å²) in [6.45, 7) is -1.38. The minimum atomic E-state index is -3.03. The van der Waals surface area contributed by atoms with Gasteiger partial charge in [-0.3, -0.25) is 4.90 Å². The Morgan fingerprint density at radius 1 is 1.10 bits per heavy atom. The highest BCUT2D eigenvalue weighted by Crippen LogP contribution is 2.38. The Labute approximate surface area is 250 Å². The molecule has 3 aromatic rings. The van der Waals surface area contributed by atoms with Crippen molar-refractivity contribution in [2.45, 2.75) is 43.9 Å². The van der Waals surface area contributed by atoms with Gasteiger partial charge in [-0.2, -0.15) is 13.5 Å². The maximum absolute atomic E-state index is 13.6. The Morgan fingerprint density at radius 3 is 2.51 bits per heavy atom. The summed E-state index contributed by atoms with van der Waals surface area (Å²) < 4.78 is 43.3. The van der Waals surface area contributed by atoms with E-state index >= 15 is 0 Å². The Bertz CT molecular complexity index is 1340. The summed E-state index contributed by atoms with van der Waals surface area (Å²) in [4.78, 5) is 15.7. The molecule has 5 rings (SSSR count). The summed E-state index contributed by atoms with van der Waals surface area (Å²) in [7, 11) is 0. The van der Waals surface area contributed by atoms with Crippen LogP contribution in [0.1, 0.15) is 35.6 Å². The van der Waals surface area contributed by atoms with E-state index in [0.29, 0.717) is 41.5 Å². The minimum absolute atomic E-state index is 0.0391. The molecule has 2 aliphatic rings. The van der Waals surface area contributed by atoms with Gasteiger partial charge in [0.25, 0.3) is 0 Å². The van der Waals surface area contributed by atoms with Crippen molar-refractivity contribution in [1.29, 1.82) is 0 Å². The van der Waals surface area contributed by atoms with E-state index in [0.717, 1.165) is 24.2 Å². The van der Waals surface area contributed by atoms with Gasteiger partial charge in [0.05, 0.1) is 6.61 Å². The van der Waals surface area contributed by atoms with E-state index in [1.807, 2.05) is 35.2 Å². The number of carbonyl (C=O) groups is 1. The average molecular weight is 626 g/mol. The lowest BCUT2D eigenvalue weighted by Crippen LogP contribution is -2.36. The molecular formula is C29H28Cl2F2N2O5S. The van der Waals surface area contributed by atoms with Crippen LogP contribution in [0.15, 0.2) is 60.9 Å². The third-order valence-corrected chi connectivity index (χ3v) is 8.72. The van der Waals surface area contributed by atoms with Crippen molar-refractivity contribution in [3.8, 4) is 11.5 Å². The lowest BCUT2D eigenvalue weighted by atomic mass is 10.0. The number of pyridine rings is 1. The van der Waals surface area contributed by atoms with Crippen molar-refractivity contribution >= 4 is 40.9 Å². The summed E-state index contributed by atoms with van der Waals surface area (Å²) in [5.41, 5.74) is 1.96. The number of esters is 1. The van der Waals surface area contributed by atoms with Crippen LogP contribution in [0.2, 0.25) is 10.0 Å². The monoisotopic (exact) mass is 624 g/mol. The third kappa shape index (κ3) is 7.94. The number of thioether (sulfide) groups is 1. The van der Waals surface area contributed by atoms with Gasteiger partial charge in [0.15, 0.2) is 29.3 Å². The van der Waals surface area contributed by atoms with Crippen LogP contribution in [0.25, 0.3) is 0 Å². The number of alkyl halides is 2. The molecule has 1 saturated carbocycles. The molecule has 0 bridgehead atoms. The van der Waals surface area contributed by atoms with Crippen molar-refractivity contribution in [2.75, 3.05) is 18.9 Å². The molecule has 1 aliphatic carbocycles. The number of rotatable bonds is 12. The zero-order valence-electron chi connectivity index (χ0n) is 21.9. The smallest absolute Gasteiger partial charge is 0.387 e. The van der Waals surface area contributed by atoms with Crippen LogP contribution in [0.4, 0.5) is 8.78 Å². The Kier molecular flexibility index (Phi) is 9.75. The van der Waals surface area contributed by atoms with E-state index < -0.39 is 24.1 Å². The maximum Gasteiger partial charge on any atom is 0.387 e. The first-order chi connectivity index (χ1) is 19.8. The van der Waals surface area contributed by atoms with Crippen LogP contribution < -0.4 is 14.2 Å². The van der Waals surface area contributed by atoms with Crippen LogP contribution in [-0.4, -0.2) is 41.8 Å². The second kappa shape index (κ2) is 13.5. The molecule has 12 heteroatoms. The van der Waals surface area contributed by atoms with Gasteiger partial charge in [-0.25, -0.2) is 4.79 Å². The molecule has 2 unspecified atom stereocenters. The number of hydrogen-bond acceptors (Lipinski definition) is 7. The fourth-order valence-electron chi connectivity index (χ4n) is 4.56. The summed E-state index contributed by atoms with van der Waals surface area (Å²) >= 11 is 14.2. The molecule has 1 aliphatic heterocycles. The number of ether oxygens (including phenoxy) is 3. The number of carbonyl (C=O) groups excluding carboxylic acids is 1. The summed E-state index contributed by atoms with van der Waals surface area (Å²) in [6.07, 6.45) is 3.48. The van der Waals surface area contributed by atoms with Gasteiger partial charge in [0.2, 0.25) is 0 Å². The predicted octanol–water partition coefficient (Wildman–Crippen LogP) is 6.42. The van der Waals surface area contributed by atoms with Crippen molar-refractivity contribution < 1.29 is 32.5 Å². The molecule has 0 radical (unpaired) electrons. The van der Waals surface area contributed by atoms with Crippen molar-refractivity contribution in [1.82, 2.24) is 4.90 Å². The van der Waals surface area contributed by atoms with Crippen molar-refractivity contribution in [3.05, 3.63) is 92.9 Å². The number of benzene rings is 2. The second-order valence-electron chi connectivity index (χ2n) is 9.94. The summed E-state index contributed by atoms with van der Waals surface area (Å²) in [5, 5.41) is 11.5. The van der Waals surface area contributed by atoms with E-state index in [-0.39, 0.29) is 28.0 Å². The number of hydrogen-bond donors (Lipinski definition) is 0. The Hall–Kier alpha value is -2.79. The first kappa shape index (κ1) is 29.7. The molecule has 2 fully saturated rings. The lowest BCUT2D eigenvalue weighted by Gasteiger charge is -2.26. The van der Waals surface area contributed by atoms with Crippen LogP contribution in [0.5, 0.6) is 11.5 Å². The van der Waals surface area contributed by atoms with Crippen LogP contribution in [0, 0.1) is 11.1 Å². The fraction of sp³-hybridized carbons (Fsp3) is 0.379. The first-order valence-corrected chi connectivity index (χ1v) is 15.0. The van der Waals surface area contributed by atoms with E-state index in [4.69, 9.17) is 32.7 Å². The average Bonchev–Trinajstić information content (AvgIpc) is 3.65. The molecule has 218 valence electrons. The molecule has 0 N–H and O–H groups in total. The van der Waals surface area contributed by atoms with Gasteiger partial charge in [0, 0.05) is 30.8 Å². The molecule has 2 atom stereocenters. The highest BCUT2D eigenvalue weighted by atomic mass is 35.5. The van der Waals surface area contributed by atoms with Crippen LogP contribution in [0.3, 0.4) is 0 Å². The van der Waals surface area contributed by atoms with E-state index in [1.165, 1.54) is 30.2 Å². The van der Waals surface area contributed by atoms with E-state index in [1.54, 1.807) is 12.1 Å². The fourth-order valence-corrected chi connectivity index (χ4v) is 6.31. The van der Waals surface area contributed by atoms with E-state index in [2.05, 4.69) is 4.74 Å². The van der Waals surface area contributed by atoms with Crippen LogP contribution >= 0.6 is 35.0 Å². The molecule has 1 aromatic heterocycles. The number of halogens is 4. The zero-order chi connectivity index (χ0) is 28.9. The third-order valence-electron chi connectivity index (χ3n) is 6.85. The van der Waals surface area contributed by atoms with Gasteiger partial charge in [-0.1, -0.05) is 59.6 Å². The van der Waals surface area contributed by atoms with Gasteiger partial charge in [-0.05, 0) is 42.0 Å². The molecule has 7 nitrogen and oxygen atoms in total. The SMILES string of the molecule is O=C(OC(Cc1c(Cl)c[n+]([O-])cc1Cl)c1ccc(OC(F)F)c(OCC2CC2)c1)C1SCCN1Cc1ccccc1. The predicted molar refractivity (Wildman–Crippen MR) is 152 cm³/mol. The quantitative estimate of drug-likeness (QED) is 0.131. The second-order valence-corrected chi connectivity index (χ2v) is 11.9. The first-order valence-electron chi connectivity index (χ1n) is 13.1. The van der Waals surface area contributed by atoms with Gasteiger partial charge < -0.3 is 19.4 Å². The molecule has 2 aromatic carbocycles. The minimum Gasteiger partial charge on any atom is -0.619 e. The number of nitrogens with zero attached hydrogens (tertiary/aromatic N) is 2. The van der Waals surface area contributed by atoms with Crippen LogP contribution in [-0.2, 0) is 22.5 Å². The highest BCUT2D eigenvalue weighted by molar-refractivity contribution is 8.00. The van der Waals surface area contributed by atoms with Gasteiger partial charge in [-0.15, -0.1) is 11.8 Å². The highest BCUT2D eigenvalue weighted by Gasteiger charge is 2.35. The van der Waals surface area contributed by atoms with Gasteiger partial charge >= 0.3 is 12.6 Å². The lowest BCUT2D eigenvalue weighted by molar-refractivity contribution is -0.605. The zero-order valence-corrected chi connectivity index (χ0v) is 24.2. The van der Waals surface area contributed by atoms with Gasteiger partial charge in [0.1, 0.15) is 16.1 Å².